The molecule has 34 heavy (non-hydrogen) atoms. The Morgan fingerprint density at radius 1 is 1.24 bits per heavy atom. The molecular weight excluding hydrogens is 422 g/mol. The molecular formula is C29H43N3O2. The molecule has 1 unspecified atom stereocenters. The van der Waals surface area contributed by atoms with E-state index in [9.17, 15) is 9.90 Å². The van der Waals surface area contributed by atoms with Gasteiger partial charge in [0.05, 0.1) is 17.4 Å². The molecule has 0 saturated heterocycles. The van der Waals surface area contributed by atoms with Crippen LogP contribution >= 0.6 is 0 Å². The van der Waals surface area contributed by atoms with Crippen molar-refractivity contribution in [1.82, 2.24) is 9.78 Å². The van der Waals surface area contributed by atoms with Gasteiger partial charge in [0.15, 0.2) is 0 Å². The summed E-state index contributed by atoms with van der Waals surface area (Å²) in [5.74, 6) is 3.27. The van der Waals surface area contributed by atoms with Gasteiger partial charge in [-0.3, -0.25) is 9.48 Å². The number of aliphatic hydroxyl groups is 1. The second-order valence-electron chi connectivity index (χ2n) is 13.1. The molecule has 186 valence electrons. The summed E-state index contributed by atoms with van der Waals surface area (Å²) in [6, 6.07) is 2.17. The van der Waals surface area contributed by atoms with Crippen LogP contribution in [0, 0.1) is 57.7 Å². The highest BCUT2D eigenvalue weighted by molar-refractivity contribution is 5.84. The lowest BCUT2D eigenvalue weighted by molar-refractivity contribution is -0.171. The SMILES string of the molecule is CCC[C@@]1(O)CC[C@@]2(C)[C@H](CC[C@H]3[C@@H]4CC[C@H](C(C)Cn5cc(C#N)cn5)[C@@]4(C)CC(=O)[C@@H]32)C1. The first-order chi connectivity index (χ1) is 16.1. The van der Waals surface area contributed by atoms with Gasteiger partial charge in [0, 0.05) is 25.1 Å². The van der Waals surface area contributed by atoms with Gasteiger partial charge in [-0.2, -0.15) is 10.4 Å². The summed E-state index contributed by atoms with van der Waals surface area (Å²) >= 11 is 0. The molecule has 5 nitrogen and oxygen atoms in total. The number of ketones is 1. The number of carbonyl (C=O) groups excluding carboxylic acids is 1. The molecule has 4 aliphatic rings. The number of hydrogen-bond acceptors (Lipinski definition) is 4. The van der Waals surface area contributed by atoms with Crippen molar-refractivity contribution in [1.29, 1.82) is 5.26 Å². The van der Waals surface area contributed by atoms with E-state index in [1.54, 1.807) is 6.20 Å². The fraction of sp³-hybridized carbons (Fsp3) is 0.828. The molecule has 9 atom stereocenters. The molecule has 4 fully saturated rings. The zero-order chi connectivity index (χ0) is 24.3. The minimum atomic E-state index is -0.510. The molecule has 4 aliphatic carbocycles. The molecule has 0 spiro atoms. The Morgan fingerprint density at radius 2 is 2.03 bits per heavy atom. The van der Waals surface area contributed by atoms with Gasteiger partial charge in [-0.1, -0.05) is 34.1 Å². The van der Waals surface area contributed by atoms with Gasteiger partial charge in [-0.15, -0.1) is 0 Å². The van der Waals surface area contributed by atoms with Crippen LogP contribution in [0.15, 0.2) is 12.4 Å². The van der Waals surface area contributed by atoms with Gasteiger partial charge in [0.2, 0.25) is 0 Å². The normalized spacial score (nSPS) is 44.6. The van der Waals surface area contributed by atoms with E-state index < -0.39 is 5.60 Å². The topological polar surface area (TPSA) is 78.9 Å². The van der Waals surface area contributed by atoms with Gasteiger partial charge >= 0.3 is 0 Å². The third kappa shape index (κ3) is 3.67. The number of nitrogens with zero attached hydrogens (tertiary/aromatic N) is 3. The molecule has 0 aliphatic heterocycles. The summed E-state index contributed by atoms with van der Waals surface area (Å²) in [5.41, 5.74) is 0.239. The summed E-state index contributed by atoms with van der Waals surface area (Å²) in [7, 11) is 0. The van der Waals surface area contributed by atoms with Crippen LogP contribution in [0.25, 0.3) is 0 Å². The van der Waals surface area contributed by atoms with Crippen molar-refractivity contribution in [3.05, 3.63) is 18.0 Å². The maximum Gasteiger partial charge on any atom is 0.137 e. The number of aromatic nitrogens is 2. The van der Waals surface area contributed by atoms with E-state index >= 15 is 0 Å². The molecule has 1 aromatic heterocycles. The van der Waals surface area contributed by atoms with Gasteiger partial charge < -0.3 is 5.11 Å². The first kappa shape index (κ1) is 24.0. The lowest BCUT2D eigenvalue weighted by Crippen LogP contribution is -2.59. The van der Waals surface area contributed by atoms with E-state index in [2.05, 4.69) is 38.9 Å². The first-order valence-corrected chi connectivity index (χ1v) is 13.8. The Kier molecular flexibility index (Phi) is 5.99. The van der Waals surface area contributed by atoms with Gasteiger partial charge in [0.1, 0.15) is 11.9 Å². The molecule has 0 bridgehead atoms. The number of hydrogen-bond donors (Lipinski definition) is 1. The van der Waals surface area contributed by atoms with Crippen LogP contribution in [0.4, 0.5) is 0 Å². The second kappa shape index (κ2) is 8.47. The molecule has 0 aromatic carbocycles. The zero-order valence-corrected chi connectivity index (χ0v) is 21.6. The average molecular weight is 466 g/mol. The van der Waals surface area contributed by atoms with Crippen molar-refractivity contribution >= 4 is 5.78 Å². The van der Waals surface area contributed by atoms with E-state index in [0.717, 1.165) is 51.5 Å². The standard InChI is InChI=1S/C29H43N3O2/c1-5-10-29(34)12-11-27(3)21(13-29)6-7-22-24-9-8-23(28(24,4)14-25(33)26(22)27)19(2)17-32-18-20(15-30)16-31-32/h16,18-19,21-24,26,34H,5-14,17H2,1-4H3/t19?,21-,22+,23-,24+,26-,27+,28-,29-/m1/s1. The van der Waals surface area contributed by atoms with Crippen molar-refractivity contribution in [3.63, 3.8) is 0 Å². The predicted molar refractivity (Wildman–Crippen MR) is 132 cm³/mol. The van der Waals surface area contributed by atoms with Crippen LogP contribution in [0.1, 0.15) is 97.5 Å². The van der Waals surface area contributed by atoms with E-state index in [-0.39, 0.29) is 16.7 Å². The van der Waals surface area contributed by atoms with E-state index in [1.165, 1.54) is 19.3 Å². The van der Waals surface area contributed by atoms with Crippen molar-refractivity contribution in [2.75, 3.05) is 0 Å². The fourth-order valence-corrected chi connectivity index (χ4v) is 9.75. The summed E-state index contributed by atoms with van der Waals surface area (Å²) in [5, 5.41) is 24.7. The van der Waals surface area contributed by atoms with Crippen LogP contribution in [-0.2, 0) is 11.3 Å². The third-order valence-corrected chi connectivity index (χ3v) is 11.2. The Hall–Kier alpha value is -1.67. The lowest BCUT2D eigenvalue weighted by atomic mass is 9.43. The smallest absolute Gasteiger partial charge is 0.137 e. The van der Waals surface area contributed by atoms with Crippen LogP contribution in [0.2, 0.25) is 0 Å². The van der Waals surface area contributed by atoms with Crippen LogP contribution in [0.3, 0.4) is 0 Å². The number of Topliss-reactive ketones (excluding diaryl/α,β-unsaturated/α-hetero) is 1. The predicted octanol–water partition coefficient (Wildman–Crippen LogP) is 5.76. The maximum atomic E-state index is 14.0. The van der Waals surface area contributed by atoms with Gasteiger partial charge in [-0.05, 0) is 91.8 Å². The number of nitriles is 1. The highest BCUT2D eigenvalue weighted by atomic mass is 16.3. The average Bonchev–Trinajstić information content (AvgIpc) is 3.37. The highest BCUT2D eigenvalue weighted by Gasteiger charge is 2.64. The summed E-state index contributed by atoms with van der Waals surface area (Å²) in [6.07, 6.45) is 13.7. The van der Waals surface area contributed by atoms with Crippen LogP contribution in [0.5, 0.6) is 0 Å². The minimum absolute atomic E-state index is 0.0633. The molecule has 1 N–H and O–H groups in total. The Balaban J connectivity index is 1.35. The van der Waals surface area contributed by atoms with Crippen molar-refractivity contribution in [3.8, 4) is 6.07 Å². The minimum Gasteiger partial charge on any atom is -0.390 e. The fourth-order valence-electron chi connectivity index (χ4n) is 9.75. The lowest BCUT2D eigenvalue weighted by Gasteiger charge is -2.61. The van der Waals surface area contributed by atoms with E-state index in [0.29, 0.717) is 40.9 Å². The Bertz CT molecular complexity index is 980. The molecule has 4 saturated carbocycles. The van der Waals surface area contributed by atoms with Crippen molar-refractivity contribution < 1.29 is 9.90 Å². The van der Waals surface area contributed by atoms with E-state index in [1.807, 2.05) is 10.9 Å². The molecule has 5 rings (SSSR count). The van der Waals surface area contributed by atoms with Crippen molar-refractivity contribution in [2.45, 2.75) is 104 Å². The Labute approximate surface area is 205 Å². The number of rotatable bonds is 5. The third-order valence-electron chi connectivity index (χ3n) is 11.2. The number of carbonyl (C=O) groups is 1. The second-order valence-corrected chi connectivity index (χ2v) is 13.1. The highest BCUT2D eigenvalue weighted by Crippen LogP contribution is 2.68. The molecule has 0 radical (unpaired) electrons. The molecule has 5 heteroatoms. The zero-order valence-electron chi connectivity index (χ0n) is 21.6. The summed E-state index contributed by atoms with van der Waals surface area (Å²) in [6.45, 7) is 10.1. The summed E-state index contributed by atoms with van der Waals surface area (Å²) in [4.78, 5) is 14.0. The van der Waals surface area contributed by atoms with Crippen LogP contribution < -0.4 is 0 Å². The quantitative estimate of drug-likeness (QED) is 0.599. The first-order valence-electron chi connectivity index (χ1n) is 13.8. The maximum absolute atomic E-state index is 14.0. The van der Waals surface area contributed by atoms with Crippen LogP contribution in [-0.4, -0.2) is 26.3 Å². The number of fused-ring (bicyclic) bond motifs is 5. The largest absolute Gasteiger partial charge is 0.390 e. The Morgan fingerprint density at radius 3 is 2.74 bits per heavy atom. The molecule has 0 amide bonds. The molecule has 1 aromatic rings. The summed E-state index contributed by atoms with van der Waals surface area (Å²) < 4.78 is 1.92. The van der Waals surface area contributed by atoms with Crippen molar-refractivity contribution in [2.24, 2.45) is 46.3 Å². The molecule has 1 heterocycles. The van der Waals surface area contributed by atoms with Gasteiger partial charge in [0.25, 0.3) is 0 Å². The van der Waals surface area contributed by atoms with Gasteiger partial charge in [-0.25, -0.2) is 0 Å². The van der Waals surface area contributed by atoms with E-state index in [4.69, 9.17) is 5.26 Å². The monoisotopic (exact) mass is 465 g/mol.